The van der Waals surface area contributed by atoms with Crippen molar-refractivity contribution in [2.45, 2.75) is 219 Å². The van der Waals surface area contributed by atoms with Gasteiger partial charge in [0.15, 0.2) is 6.10 Å². The molecular formula is C63H98O6. The Kier molecular flexibility index (Phi) is 52.1. The highest BCUT2D eigenvalue weighted by Gasteiger charge is 2.19. The molecular weight excluding hydrogens is 853 g/mol. The third-order valence-electron chi connectivity index (χ3n) is 10.9. The van der Waals surface area contributed by atoms with Crippen LogP contribution in [0.25, 0.3) is 0 Å². The van der Waals surface area contributed by atoms with E-state index in [0.29, 0.717) is 19.3 Å². The molecule has 0 heterocycles. The Labute approximate surface area is 423 Å². The Morgan fingerprint density at radius 2 is 0.638 bits per heavy atom. The average Bonchev–Trinajstić information content (AvgIpc) is 3.35. The topological polar surface area (TPSA) is 78.9 Å². The number of allylic oxidation sites excluding steroid dienone is 24. The van der Waals surface area contributed by atoms with Crippen LogP contribution < -0.4 is 0 Å². The van der Waals surface area contributed by atoms with Gasteiger partial charge in [0.1, 0.15) is 13.2 Å². The molecule has 0 aliphatic rings. The molecule has 0 saturated carbocycles. The van der Waals surface area contributed by atoms with Crippen LogP contribution >= 0.6 is 0 Å². The van der Waals surface area contributed by atoms with Crippen LogP contribution in [0.5, 0.6) is 0 Å². The first-order valence-electron chi connectivity index (χ1n) is 27.4. The summed E-state index contributed by atoms with van der Waals surface area (Å²) in [6.45, 7) is 6.28. The van der Waals surface area contributed by atoms with E-state index in [1.165, 1.54) is 32.1 Å². The maximum atomic E-state index is 12.8. The highest BCUT2D eigenvalue weighted by atomic mass is 16.6. The van der Waals surface area contributed by atoms with Crippen LogP contribution in [0.1, 0.15) is 213 Å². The summed E-state index contributed by atoms with van der Waals surface area (Å²) in [6, 6.07) is 0. The van der Waals surface area contributed by atoms with Gasteiger partial charge in [0, 0.05) is 19.3 Å². The van der Waals surface area contributed by atoms with Crippen molar-refractivity contribution < 1.29 is 28.6 Å². The summed E-state index contributed by atoms with van der Waals surface area (Å²) >= 11 is 0. The molecule has 0 aromatic carbocycles. The third-order valence-corrected chi connectivity index (χ3v) is 10.9. The molecule has 6 nitrogen and oxygen atoms in total. The molecule has 0 N–H and O–H groups in total. The van der Waals surface area contributed by atoms with Crippen molar-refractivity contribution in [3.8, 4) is 0 Å². The fourth-order valence-electron chi connectivity index (χ4n) is 6.82. The van der Waals surface area contributed by atoms with Crippen molar-refractivity contribution in [1.82, 2.24) is 0 Å². The molecule has 0 radical (unpaired) electrons. The standard InChI is InChI=1S/C63H98O6/c1-4-7-10-13-16-19-22-25-28-31-33-35-38-41-44-47-50-53-56-62(65)68-59-60(58-67-61(64)55-52-49-46-43-40-37-34-30-27-24-21-18-15-12-9-6-3)69-63(66)57-54-51-48-45-42-39-36-32-29-26-23-20-17-14-11-8-5-2/h8-9,11-12,17-18,20-22,25-31,33,35-37,39-40,45,48,60H,4-7,10,13-16,19,23-24,32,34,38,41-44,46-47,49-59H2,1-3H3/b11-8-,12-9-,20-17-,21-18-,25-22-,29-26-,30-27-,31-28-,35-33-,39-36-,40-37-,48-45-. The van der Waals surface area contributed by atoms with Gasteiger partial charge in [-0.15, -0.1) is 0 Å². The second-order valence-corrected chi connectivity index (χ2v) is 17.4. The third kappa shape index (κ3) is 54.1. The first-order valence-corrected chi connectivity index (χ1v) is 27.4. The van der Waals surface area contributed by atoms with Crippen molar-refractivity contribution in [3.05, 3.63) is 146 Å². The number of ether oxygens (including phenoxy) is 3. The summed E-state index contributed by atoms with van der Waals surface area (Å²) in [4.78, 5) is 38.1. The Balaban J connectivity index is 4.61. The molecule has 1 unspecified atom stereocenters. The van der Waals surface area contributed by atoms with Crippen molar-refractivity contribution in [2.24, 2.45) is 0 Å². The van der Waals surface area contributed by atoms with Gasteiger partial charge in [-0.3, -0.25) is 14.4 Å². The van der Waals surface area contributed by atoms with Crippen LogP contribution in [-0.4, -0.2) is 37.2 Å². The number of esters is 3. The smallest absolute Gasteiger partial charge is 0.306 e. The van der Waals surface area contributed by atoms with E-state index in [9.17, 15) is 14.4 Å². The molecule has 0 rings (SSSR count). The Bertz CT molecular complexity index is 1560. The lowest BCUT2D eigenvalue weighted by Crippen LogP contribution is -2.30. The molecule has 0 aromatic rings. The van der Waals surface area contributed by atoms with Gasteiger partial charge in [0.2, 0.25) is 0 Å². The van der Waals surface area contributed by atoms with Gasteiger partial charge in [-0.05, 0) is 122 Å². The minimum Gasteiger partial charge on any atom is -0.462 e. The number of hydrogen-bond donors (Lipinski definition) is 0. The number of carbonyl (C=O) groups excluding carboxylic acids is 3. The number of carbonyl (C=O) groups is 3. The molecule has 0 fully saturated rings. The monoisotopic (exact) mass is 951 g/mol. The fraction of sp³-hybridized carbons (Fsp3) is 0.571. The molecule has 1 atom stereocenters. The van der Waals surface area contributed by atoms with Crippen molar-refractivity contribution in [2.75, 3.05) is 13.2 Å². The van der Waals surface area contributed by atoms with E-state index in [1.54, 1.807) is 0 Å². The minimum absolute atomic E-state index is 0.128. The molecule has 0 saturated heterocycles. The lowest BCUT2D eigenvalue weighted by molar-refractivity contribution is -0.167. The van der Waals surface area contributed by atoms with E-state index in [0.717, 1.165) is 135 Å². The van der Waals surface area contributed by atoms with E-state index in [2.05, 4.69) is 167 Å². The van der Waals surface area contributed by atoms with E-state index in [1.807, 2.05) is 0 Å². The molecule has 69 heavy (non-hydrogen) atoms. The molecule has 0 bridgehead atoms. The van der Waals surface area contributed by atoms with E-state index in [4.69, 9.17) is 14.2 Å². The molecule has 6 heteroatoms. The van der Waals surface area contributed by atoms with Crippen LogP contribution in [0.2, 0.25) is 0 Å². The van der Waals surface area contributed by atoms with Gasteiger partial charge >= 0.3 is 17.9 Å². The first-order chi connectivity index (χ1) is 34.0. The van der Waals surface area contributed by atoms with Gasteiger partial charge in [-0.2, -0.15) is 0 Å². The maximum absolute atomic E-state index is 12.8. The normalized spacial score (nSPS) is 13.3. The Hall–Kier alpha value is -4.71. The second-order valence-electron chi connectivity index (χ2n) is 17.4. The van der Waals surface area contributed by atoms with Crippen LogP contribution in [0, 0.1) is 0 Å². The fourth-order valence-corrected chi connectivity index (χ4v) is 6.82. The van der Waals surface area contributed by atoms with Gasteiger partial charge in [-0.1, -0.05) is 218 Å². The van der Waals surface area contributed by atoms with Crippen molar-refractivity contribution in [1.29, 1.82) is 0 Å². The molecule has 0 amide bonds. The Morgan fingerprint density at radius 1 is 0.319 bits per heavy atom. The number of unbranched alkanes of at least 4 members (excludes halogenated alkanes) is 14. The highest BCUT2D eigenvalue weighted by molar-refractivity contribution is 5.71. The van der Waals surface area contributed by atoms with Crippen LogP contribution in [0.4, 0.5) is 0 Å². The maximum Gasteiger partial charge on any atom is 0.306 e. The predicted octanol–water partition coefficient (Wildman–Crippen LogP) is 18.4. The van der Waals surface area contributed by atoms with Crippen molar-refractivity contribution in [3.63, 3.8) is 0 Å². The average molecular weight is 951 g/mol. The van der Waals surface area contributed by atoms with E-state index in [-0.39, 0.29) is 37.5 Å². The zero-order chi connectivity index (χ0) is 50.0. The second kappa shape index (κ2) is 55.9. The summed E-state index contributed by atoms with van der Waals surface area (Å²) < 4.78 is 16.7. The molecule has 0 spiro atoms. The Morgan fingerprint density at radius 3 is 1.06 bits per heavy atom. The summed E-state index contributed by atoms with van der Waals surface area (Å²) in [6.07, 6.45) is 79.8. The summed E-state index contributed by atoms with van der Waals surface area (Å²) in [5, 5.41) is 0. The van der Waals surface area contributed by atoms with Crippen LogP contribution in [0.15, 0.2) is 146 Å². The lowest BCUT2D eigenvalue weighted by atomic mass is 10.1. The lowest BCUT2D eigenvalue weighted by Gasteiger charge is -2.18. The van der Waals surface area contributed by atoms with Crippen molar-refractivity contribution >= 4 is 17.9 Å². The van der Waals surface area contributed by atoms with Gasteiger partial charge in [-0.25, -0.2) is 0 Å². The van der Waals surface area contributed by atoms with Gasteiger partial charge in [0.25, 0.3) is 0 Å². The van der Waals surface area contributed by atoms with E-state index >= 15 is 0 Å². The number of hydrogen-bond acceptors (Lipinski definition) is 6. The summed E-state index contributed by atoms with van der Waals surface area (Å²) in [5.74, 6) is -1.05. The van der Waals surface area contributed by atoms with Gasteiger partial charge in [0.05, 0.1) is 0 Å². The highest BCUT2D eigenvalue weighted by Crippen LogP contribution is 2.12. The summed E-state index contributed by atoms with van der Waals surface area (Å²) in [5.41, 5.74) is 0. The molecule has 386 valence electrons. The SMILES string of the molecule is CC/C=C\C/C=C\C/C=C\C/C=C\C/C=C\CCCC(=O)OC(COC(=O)CCCCC/C=C\C/C=C\C/C=C\C/C=C\CC)COC(=O)CCCCCCC\C=C/C=C\C=C/CCCCCCC. The minimum atomic E-state index is -0.837. The van der Waals surface area contributed by atoms with Crippen LogP contribution in [0.3, 0.4) is 0 Å². The first kappa shape index (κ1) is 64.3. The predicted molar refractivity (Wildman–Crippen MR) is 297 cm³/mol. The van der Waals surface area contributed by atoms with Crippen LogP contribution in [-0.2, 0) is 28.6 Å². The quantitative estimate of drug-likeness (QED) is 0.0199. The zero-order valence-electron chi connectivity index (χ0n) is 44.0. The molecule has 0 aliphatic heterocycles. The zero-order valence-corrected chi connectivity index (χ0v) is 44.0. The molecule has 0 aliphatic carbocycles. The number of rotatable bonds is 47. The molecule has 0 aromatic heterocycles. The summed E-state index contributed by atoms with van der Waals surface area (Å²) in [7, 11) is 0. The largest absolute Gasteiger partial charge is 0.462 e. The van der Waals surface area contributed by atoms with E-state index < -0.39 is 6.10 Å². The van der Waals surface area contributed by atoms with Gasteiger partial charge < -0.3 is 14.2 Å².